The van der Waals surface area contributed by atoms with Crippen LogP contribution in [0, 0.1) is 6.92 Å². The van der Waals surface area contributed by atoms with E-state index in [-0.39, 0.29) is 23.8 Å². The molecule has 148 valence electrons. The highest BCUT2D eigenvalue weighted by Gasteiger charge is 2.23. The van der Waals surface area contributed by atoms with Crippen molar-refractivity contribution in [1.82, 2.24) is 0 Å². The number of hydrogen-bond acceptors (Lipinski definition) is 3. The molecular formula is C23H28N2O3. The third-order valence-electron chi connectivity index (χ3n) is 4.94. The van der Waals surface area contributed by atoms with Crippen molar-refractivity contribution >= 4 is 23.2 Å². The summed E-state index contributed by atoms with van der Waals surface area (Å²) in [6.07, 6.45) is 1.50. The van der Waals surface area contributed by atoms with Crippen molar-refractivity contribution in [2.75, 3.05) is 23.4 Å². The number of rotatable bonds is 5. The van der Waals surface area contributed by atoms with E-state index in [2.05, 4.69) is 26.1 Å². The molecule has 5 nitrogen and oxygen atoms in total. The lowest BCUT2D eigenvalue weighted by Crippen LogP contribution is -2.24. The van der Waals surface area contributed by atoms with E-state index in [9.17, 15) is 9.59 Å². The molecule has 0 aromatic heterocycles. The second-order valence-electron chi connectivity index (χ2n) is 8.26. The Morgan fingerprint density at radius 2 is 1.86 bits per heavy atom. The number of anilines is 2. The number of carbonyl (C=O) groups excluding carboxylic acids is 2. The van der Waals surface area contributed by atoms with Crippen LogP contribution in [-0.4, -0.2) is 25.0 Å². The van der Waals surface area contributed by atoms with E-state index in [0.717, 1.165) is 24.2 Å². The quantitative estimate of drug-likeness (QED) is 0.834. The minimum Gasteiger partial charge on any atom is -0.484 e. The number of benzene rings is 2. The third kappa shape index (κ3) is 4.71. The van der Waals surface area contributed by atoms with Crippen LogP contribution in [0.2, 0.25) is 0 Å². The molecule has 0 aliphatic carbocycles. The molecule has 28 heavy (non-hydrogen) atoms. The fourth-order valence-electron chi connectivity index (χ4n) is 3.34. The van der Waals surface area contributed by atoms with Crippen molar-refractivity contribution in [2.24, 2.45) is 0 Å². The number of carbonyl (C=O) groups is 2. The summed E-state index contributed by atoms with van der Waals surface area (Å²) in [5.41, 5.74) is 3.88. The zero-order valence-electron chi connectivity index (χ0n) is 17.0. The standard InChI is InChI=1S/C23H28N2O3/c1-16-14-18(9-12-20(16)25-13-5-6-22(25)27)24-21(26)15-28-19-10-7-17(8-11-19)23(2,3)4/h7-12,14H,5-6,13,15H2,1-4H3,(H,24,26). The number of hydrogen-bond donors (Lipinski definition) is 1. The topological polar surface area (TPSA) is 58.6 Å². The molecule has 1 saturated heterocycles. The molecule has 1 N–H and O–H groups in total. The summed E-state index contributed by atoms with van der Waals surface area (Å²) in [4.78, 5) is 26.0. The van der Waals surface area contributed by atoms with Gasteiger partial charge in [-0.05, 0) is 60.2 Å². The first-order chi connectivity index (χ1) is 13.2. The Morgan fingerprint density at radius 3 is 2.43 bits per heavy atom. The minimum atomic E-state index is -0.218. The number of aryl methyl sites for hydroxylation is 1. The van der Waals surface area contributed by atoms with Gasteiger partial charge >= 0.3 is 0 Å². The van der Waals surface area contributed by atoms with E-state index in [0.29, 0.717) is 17.9 Å². The van der Waals surface area contributed by atoms with E-state index in [1.54, 1.807) is 0 Å². The molecule has 1 aliphatic heterocycles. The van der Waals surface area contributed by atoms with Gasteiger partial charge in [-0.25, -0.2) is 0 Å². The summed E-state index contributed by atoms with van der Waals surface area (Å²) >= 11 is 0. The molecule has 0 radical (unpaired) electrons. The second-order valence-corrected chi connectivity index (χ2v) is 8.26. The maximum absolute atomic E-state index is 12.2. The fraction of sp³-hybridized carbons (Fsp3) is 0.391. The van der Waals surface area contributed by atoms with Gasteiger partial charge in [-0.1, -0.05) is 32.9 Å². The number of amides is 2. The van der Waals surface area contributed by atoms with E-state index < -0.39 is 0 Å². The van der Waals surface area contributed by atoms with Gasteiger partial charge in [0.1, 0.15) is 5.75 Å². The van der Waals surface area contributed by atoms with Crippen LogP contribution >= 0.6 is 0 Å². The molecule has 1 aliphatic rings. The van der Waals surface area contributed by atoms with Crippen molar-refractivity contribution in [3.63, 3.8) is 0 Å². The fourth-order valence-corrected chi connectivity index (χ4v) is 3.34. The van der Waals surface area contributed by atoms with Crippen LogP contribution in [0.3, 0.4) is 0 Å². The summed E-state index contributed by atoms with van der Waals surface area (Å²) < 4.78 is 5.59. The van der Waals surface area contributed by atoms with Crippen LogP contribution in [0.5, 0.6) is 5.75 Å². The highest BCUT2D eigenvalue weighted by atomic mass is 16.5. The number of nitrogens with zero attached hydrogens (tertiary/aromatic N) is 1. The first kappa shape index (κ1) is 19.9. The Kier molecular flexibility index (Phi) is 5.73. The van der Waals surface area contributed by atoms with Gasteiger partial charge < -0.3 is 15.0 Å². The van der Waals surface area contributed by atoms with Crippen LogP contribution < -0.4 is 15.0 Å². The van der Waals surface area contributed by atoms with E-state index in [4.69, 9.17) is 4.74 Å². The van der Waals surface area contributed by atoms with Crippen molar-refractivity contribution in [1.29, 1.82) is 0 Å². The third-order valence-corrected chi connectivity index (χ3v) is 4.94. The van der Waals surface area contributed by atoms with Gasteiger partial charge in [0.2, 0.25) is 5.91 Å². The van der Waals surface area contributed by atoms with Crippen LogP contribution in [0.15, 0.2) is 42.5 Å². The van der Waals surface area contributed by atoms with Crippen molar-refractivity contribution in [3.05, 3.63) is 53.6 Å². The average Bonchev–Trinajstić information content (AvgIpc) is 3.05. The zero-order valence-corrected chi connectivity index (χ0v) is 17.0. The molecule has 2 aromatic carbocycles. The summed E-state index contributed by atoms with van der Waals surface area (Å²) in [5.74, 6) is 0.609. The number of nitrogens with one attached hydrogen (secondary N) is 1. The maximum Gasteiger partial charge on any atom is 0.262 e. The minimum absolute atomic E-state index is 0.0553. The molecule has 0 unspecified atom stereocenters. The monoisotopic (exact) mass is 380 g/mol. The van der Waals surface area contributed by atoms with E-state index in [1.165, 1.54) is 5.56 Å². The lowest BCUT2D eigenvalue weighted by atomic mass is 9.87. The van der Waals surface area contributed by atoms with Gasteiger partial charge in [0.25, 0.3) is 5.91 Å². The first-order valence-electron chi connectivity index (χ1n) is 9.68. The molecule has 0 saturated carbocycles. The lowest BCUT2D eigenvalue weighted by molar-refractivity contribution is -0.118. The molecule has 0 bridgehead atoms. The molecule has 5 heteroatoms. The van der Waals surface area contributed by atoms with Crippen LogP contribution in [0.1, 0.15) is 44.7 Å². The molecule has 2 aromatic rings. The highest BCUT2D eigenvalue weighted by molar-refractivity contribution is 5.97. The molecular weight excluding hydrogens is 352 g/mol. The molecule has 0 spiro atoms. The molecule has 3 rings (SSSR count). The van der Waals surface area contributed by atoms with Crippen molar-refractivity contribution < 1.29 is 14.3 Å². The van der Waals surface area contributed by atoms with E-state index in [1.807, 2.05) is 54.3 Å². The highest BCUT2D eigenvalue weighted by Crippen LogP contribution is 2.27. The smallest absolute Gasteiger partial charge is 0.262 e. The normalized spacial score (nSPS) is 14.3. The molecule has 1 fully saturated rings. The van der Waals surface area contributed by atoms with Crippen LogP contribution in [-0.2, 0) is 15.0 Å². The van der Waals surface area contributed by atoms with Gasteiger partial charge in [0.15, 0.2) is 6.61 Å². The Balaban J connectivity index is 1.56. The van der Waals surface area contributed by atoms with Crippen LogP contribution in [0.25, 0.3) is 0 Å². The van der Waals surface area contributed by atoms with Crippen molar-refractivity contribution in [3.8, 4) is 5.75 Å². The summed E-state index contributed by atoms with van der Waals surface area (Å²) in [6.45, 7) is 9.12. The van der Waals surface area contributed by atoms with Gasteiger partial charge in [-0.2, -0.15) is 0 Å². The predicted molar refractivity (Wildman–Crippen MR) is 112 cm³/mol. The largest absolute Gasteiger partial charge is 0.484 e. The predicted octanol–water partition coefficient (Wildman–Crippen LogP) is 4.44. The van der Waals surface area contributed by atoms with E-state index >= 15 is 0 Å². The Bertz CT molecular complexity index is 866. The zero-order chi connectivity index (χ0) is 20.3. The Morgan fingerprint density at radius 1 is 1.14 bits per heavy atom. The number of ether oxygens (including phenoxy) is 1. The van der Waals surface area contributed by atoms with Gasteiger partial charge in [0.05, 0.1) is 0 Å². The second kappa shape index (κ2) is 8.05. The van der Waals surface area contributed by atoms with Crippen molar-refractivity contribution in [2.45, 2.75) is 46.0 Å². The molecule has 1 heterocycles. The molecule has 2 amide bonds. The summed E-state index contributed by atoms with van der Waals surface area (Å²) in [6, 6.07) is 13.4. The Hall–Kier alpha value is -2.82. The van der Waals surface area contributed by atoms with Gasteiger partial charge in [0, 0.05) is 24.3 Å². The summed E-state index contributed by atoms with van der Waals surface area (Å²) in [7, 11) is 0. The maximum atomic E-state index is 12.2. The SMILES string of the molecule is Cc1cc(NC(=O)COc2ccc(C(C)(C)C)cc2)ccc1N1CCCC1=O. The Labute approximate surface area is 166 Å². The van der Waals surface area contributed by atoms with Gasteiger partial charge in [-0.3, -0.25) is 9.59 Å². The van der Waals surface area contributed by atoms with Gasteiger partial charge in [-0.15, -0.1) is 0 Å². The first-order valence-corrected chi connectivity index (χ1v) is 9.68. The molecule has 0 atom stereocenters. The summed E-state index contributed by atoms with van der Waals surface area (Å²) in [5, 5.41) is 2.85. The average molecular weight is 380 g/mol. The lowest BCUT2D eigenvalue weighted by Gasteiger charge is -2.19. The van der Waals surface area contributed by atoms with Crippen LogP contribution in [0.4, 0.5) is 11.4 Å².